The highest BCUT2D eigenvalue weighted by molar-refractivity contribution is 5.98. The Balaban J connectivity index is 2.05. The molecule has 0 unspecified atom stereocenters. The van der Waals surface area contributed by atoms with Gasteiger partial charge >= 0.3 is 5.97 Å². The first kappa shape index (κ1) is 13.5. The maximum absolute atomic E-state index is 11.7. The second-order valence-corrected chi connectivity index (χ2v) is 4.31. The SMILES string of the molecule is COC(=O)[C@@]1(CO)CC(=O)N1OCc1ccccc1. The van der Waals surface area contributed by atoms with Crippen molar-refractivity contribution in [2.45, 2.75) is 18.6 Å². The number of hydrogen-bond donors (Lipinski definition) is 1. The van der Waals surface area contributed by atoms with E-state index in [1.165, 1.54) is 7.11 Å². The highest BCUT2D eigenvalue weighted by Gasteiger charge is 2.59. The summed E-state index contributed by atoms with van der Waals surface area (Å²) in [5.74, 6) is -1.03. The largest absolute Gasteiger partial charge is 0.467 e. The quantitative estimate of drug-likeness (QED) is 0.610. The summed E-state index contributed by atoms with van der Waals surface area (Å²) in [7, 11) is 1.21. The molecular formula is C13H15NO5. The molecule has 102 valence electrons. The summed E-state index contributed by atoms with van der Waals surface area (Å²) in [6.45, 7) is -0.383. The molecule has 1 aromatic rings. The highest BCUT2D eigenvalue weighted by atomic mass is 16.7. The summed E-state index contributed by atoms with van der Waals surface area (Å²) < 4.78 is 4.61. The van der Waals surface area contributed by atoms with Gasteiger partial charge in [0.15, 0.2) is 5.54 Å². The maximum Gasteiger partial charge on any atom is 0.337 e. The Morgan fingerprint density at radius 3 is 2.63 bits per heavy atom. The van der Waals surface area contributed by atoms with E-state index in [0.29, 0.717) is 0 Å². The van der Waals surface area contributed by atoms with Gasteiger partial charge in [0.05, 0.1) is 20.1 Å². The zero-order valence-electron chi connectivity index (χ0n) is 10.5. The van der Waals surface area contributed by atoms with Gasteiger partial charge in [-0.2, -0.15) is 0 Å². The van der Waals surface area contributed by atoms with Crippen LogP contribution in [0.1, 0.15) is 12.0 Å². The Labute approximate surface area is 110 Å². The predicted molar refractivity (Wildman–Crippen MR) is 64.5 cm³/mol. The minimum absolute atomic E-state index is 0.106. The van der Waals surface area contributed by atoms with Gasteiger partial charge in [-0.15, -0.1) is 0 Å². The number of aliphatic hydroxyl groups is 1. The van der Waals surface area contributed by atoms with Gasteiger partial charge in [0.25, 0.3) is 5.91 Å². The Morgan fingerprint density at radius 2 is 2.11 bits per heavy atom. The van der Waals surface area contributed by atoms with E-state index in [0.717, 1.165) is 10.6 Å². The van der Waals surface area contributed by atoms with E-state index >= 15 is 0 Å². The van der Waals surface area contributed by atoms with Crippen LogP contribution in [-0.2, 0) is 25.8 Å². The maximum atomic E-state index is 11.7. The number of rotatable bonds is 5. The molecule has 1 aliphatic heterocycles. The standard InChI is InChI=1S/C13H15NO5/c1-18-12(17)13(9-15)7-11(16)14(13)19-8-10-5-3-2-4-6-10/h2-6,15H,7-9H2,1H3/t13-/m0/s1. The first-order chi connectivity index (χ1) is 9.14. The van der Waals surface area contributed by atoms with Crippen molar-refractivity contribution in [1.82, 2.24) is 5.06 Å². The number of hydrogen-bond acceptors (Lipinski definition) is 5. The van der Waals surface area contributed by atoms with Crippen molar-refractivity contribution < 1.29 is 24.3 Å². The van der Waals surface area contributed by atoms with Crippen molar-refractivity contribution in [2.24, 2.45) is 0 Å². The number of hydroxylamine groups is 2. The molecule has 1 N–H and O–H groups in total. The fourth-order valence-corrected chi connectivity index (χ4v) is 1.98. The first-order valence-electron chi connectivity index (χ1n) is 5.83. The lowest BCUT2D eigenvalue weighted by Gasteiger charge is -2.46. The number of ether oxygens (including phenoxy) is 1. The Kier molecular flexibility index (Phi) is 3.82. The monoisotopic (exact) mass is 265 g/mol. The number of aliphatic hydroxyl groups excluding tert-OH is 1. The third-order valence-electron chi connectivity index (χ3n) is 3.09. The minimum atomic E-state index is -1.40. The van der Waals surface area contributed by atoms with E-state index in [9.17, 15) is 14.7 Å². The summed E-state index contributed by atoms with van der Waals surface area (Å²) in [6.07, 6.45) is -0.106. The van der Waals surface area contributed by atoms with Crippen LogP contribution in [0.25, 0.3) is 0 Å². The van der Waals surface area contributed by atoms with Crippen molar-refractivity contribution in [3.05, 3.63) is 35.9 Å². The summed E-state index contributed by atoms with van der Waals surface area (Å²) in [5, 5.41) is 10.3. The molecule has 0 radical (unpaired) electrons. The number of β-lactam (4-membered cyclic amide) rings is 1. The van der Waals surface area contributed by atoms with Crippen molar-refractivity contribution in [2.75, 3.05) is 13.7 Å². The average molecular weight is 265 g/mol. The van der Waals surface area contributed by atoms with Crippen molar-refractivity contribution in [1.29, 1.82) is 0 Å². The van der Waals surface area contributed by atoms with Crippen LogP contribution in [0.4, 0.5) is 0 Å². The van der Waals surface area contributed by atoms with E-state index in [-0.39, 0.29) is 18.9 Å². The Hall–Kier alpha value is -1.92. The second kappa shape index (κ2) is 5.38. The molecule has 0 saturated carbocycles. The van der Waals surface area contributed by atoms with Crippen LogP contribution in [-0.4, -0.2) is 41.3 Å². The van der Waals surface area contributed by atoms with Crippen LogP contribution in [0, 0.1) is 0 Å². The molecule has 1 aliphatic rings. The molecular weight excluding hydrogens is 250 g/mol. The van der Waals surface area contributed by atoms with Gasteiger partial charge in [0.2, 0.25) is 0 Å². The first-order valence-corrected chi connectivity index (χ1v) is 5.83. The Bertz CT molecular complexity index is 475. The van der Waals surface area contributed by atoms with Crippen LogP contribution in [0.2, 0.25) is 0 Å². The zero-order chi connectivity index (χ0) is 13.9. The van der Waals surface area contributed by atoms with E-state index in [1.54, 1.807) is 0 Å². The van der Waals surface area contributed by atoms with E-state index < -0.39 is 18.1 Å². The summed E-state index contributed by atoms with van der Waals surface area (Å²) in [5.41, 5.74) is -0.542. The molecule has 19 heavy (non-hydrogen) atoms. The molecule has 1 atom stereocenters. The van der Waals surface area contributed by atoms with Gasteiger partial charge in [-0.05, 0) is 5.56 Å². The number of carbonyl (C=O) groups is 2. The van der Waals surface area contributed by atoms with Crippen LogP contribution in [0.5, 0.6) is 0 Å². The fourth-order valence-electron chi connectivity index (χ4n) is 1.98. The summed E-state index contributed by atoms with van der Waals surface area (Å²) in [4.78, 5) is 28.5. The lowest BCUT2D eigenvalue weighted by atomic mass is 9.87. The van der Waals surface area contributed by atoms with E-state index in [4.69, 9.17) is 4.84 Å². The van der Waals surface area contributed by atoms with Crippen molar-refractivity contribution in [3.8, 4) is 0 Å². The summed E-state index contributed by atoms with van der Waals surface area (Å²) in [6, 6.07) is 9.23. The molecule has 1 saturated heterocycles. The lowest BCUT2D eigenvalue weighted by molar-refractivity contribution is -0.269. The summed E-state index contributed by atoms with van der Waals surface area (Å²) >= 11 is 0. The van der Waals surface area contributed by atoms with Gasteiger partial charge in [-0.25, -0.2) is 9.86 Å². The molecule has 1 aromatic carbocycles. The lowest BCUT2D eigenvalue weighted by Crippen LogP contribution is -2.69. The molecule has 0 aliphatic carbocycles. The van der Waals surface area contributed by atoms with Gasteiger partial charge in [0, 0.05) is 0 Å². The number of carbonyl (C=O) groups excluding carboxylic acids is 2. The van der Waals surface area contributed by atoms with Crippen LogP contribution in [0.15, 0.2) is 30.3 Å². The third-order valence-corrected chi connectivity index (χ3v) is 3.09. The number of nitrogens with zero attached hydrogens (tertiary/aromatic N) is 1. The average Bonchev–Trinajstić information content (AvgIpc) is 2.44. The normalized spacial score (nSPS) is 22.0. The molecule has 2 rings (SSSR count). The molecule has 1 fully saturated rings. The van der Waals surface area contributed by atoms with E-state index in [1.807, 2.05) is 30.3 Å². The van der Waals surface area contributed by atoms with Crippen molar-refractivity contribution in [3.63, 3.8) is 0 Å². The minimum Gasteiger partial charge on any atom is -0.467 e. The van der Waals surface area contributed by atoms with Gasteiger partial charge < -0.3 is 9.84 Å². The smallest absolute Gasteiger partial charge is 0.337 e. The number of esters is 1. The number of methoxy groups -OCH3 is 1. The Morgan fingerprint density at radius 1 is 1.42 bits per heavy atom. The van der Waals surface area contributed by atoms with Crippen LogP contribution in [0.3, 0.4) is 0 Å². The van der Waals surface area contributed by atoms with Gasteiger partial charge in [0.1, 0.15) is 6.61 Å². The van der Waals surface area contributed by atoms with Gasteiger partial charge in [-0.1, -0.05) is 30.3 Å². The molecule has 6 heteroatoms. The molecule has 0 spiro atoms. The van der Waals surface area contributed by atoms with Crippen molar-refractivity contribution >= 4 is 11.9 Å². The highest BCUT2D eigenvalue weighted by Crippen LogP contribution is 2.33. The molecule has 6 nitrogen and oxygen atoms in total. The van der Waals surface area contributed by atoms with Gasteiger partial charge in [-0.3, -0.25) is 9.63 Å². The number of benzene rings is 1. The zero-order valence-corrected chi connectivity index (χ0v) is 10.5. The number of amides is 1. The van der Waals surface area contributed by atoms with Crippen LogP contribution >= 0.6 is 0 Å². The third kappa shape index (κ3) is 2.32. The second-order valence-electron chi connectivity index (χ2n) is 4.31. The van der Waals surface area contributed by atoms with Crippen LogP contribution < -0.4 is 0 Å². The molecule has 1 amide bonds. The predicted octanol–water partition coefficient (Wildman–Crippen LogP) is 0.255. The topological polar surface area (TPSA) is 76.1 Å². The fraction of sp³-hybridized carbons (Fsp3) is 0.385. The van der Waals surface area contributed by atoms with E-state index in [2.05, 4.69) is 4.74 Å². The molecule has 1 heterocycles. The molecule has 0 aromatic heterocycles. The molecule has 0 bridgehead atoms.